The first-order valence-electron chi connectivity index (χ1n) is 8.69. The summed E-state index contributed by atoms with van der Waals surface area (Å²) in [4.78, 5) is 12.2. The van der Waals surface area contributed by atoms with Crippen LogP contribution in [0.1, 0.15) is 35.8 Å². The molecule has 2 heterocycles. The van der Waals surface area contributed by atoms with Gasteiger partial charge in [0.25, 0.3) is 0 Å². The van der Waals surface area contributed by atoms with Gasteiger partial charge in [-0.1, -0.05) is 42.4 Å². The number of carbonyl (C=O) groups excluding carboxylic acids is 1. The van der Waals surface area contributed by atoms with Crippen LogP contribution in [0.4, 0.5) is 0 Å². The summed E-state index contributed by atoms with van der Waals surface area (Å²) in [5.41, 5.74) is 1.11. The number of hydrogen-bond acceptors (Lipinski definition) is 7. The minimum atomic E-state index is -3.65. The van der Waals surface area contributed by atoms with Gasteiger partial charge in [-0.25, -0.2) is 17.9 Å². The predicted molar refractivity (Wildman–Crippen MR) is 106 cm³/mol. The van der Waals surface area contributed by atoms with Crippen molar-refractivity contribution in [2.45, 2.75) is 24.0 Å². The highest BCUT2D eigenvalue weighted by molar-refractivity contribution is 7.91. The molecule has 0 aliphatic heterocycles. The van der Waals surface area contributed by atoms with Crippen LogP contribution in [0.5, 0.6) is 0 Å². The van der Waals surface area contributed by atoms with Gasteiger partial charge in [-0.3, -0.25) is 0 Å². The number of ether oxygens (including phenoxy) is 1. The normalized spacial score (nSPS) is 12.6. The van der Waals surface area contributed by atoms with Crippen LogP contribution in [0.2, 0.25) is 0 Å². The molecule has 1 aromatic carbocycles. The summed E-state index contributed by atoms with van der Waals surface area (Å²) in [5.74, 6) is -0.234. The van der Waals surface area contributed by atoms with E-state index in [0.29, 0.717) is 10.6 Å². The SMILES string of the molecule is CCOC(=O)c1cc(-c2ccc(S(=O)(=O)NC[C@@H](C)c3ccccc3)s2)on1. The summed E-state index contributed by atoms with van der Waals surface area (Å²) in [5, 5.41) is 3.67. The lowest BCUT2D eigenvalue weighted by Gasteiger charge is -2.12. The Morgan fingerprint density at radius 3 is 2.71 bits per heavy atom. The summed E-state index contributed by atoms with van der Waals surface area (Å²) < 4.78 is 38.0. The molecule has 9 heteroatoms. The first-order chi connectivity index (χ1) is 13.4. The number of aromatic nitrogens is 1. The van der Waals surface area contributed by atoms with Crippen LogP contribution in [0.25, 0.3) is 10.6 Å². The number of nitrogens with zero attached hydrogens (tertiary/aromatic N) is 1. The highest BCUT2D eigenvalue weighted by Crippen LogP contribution is 2.31. The molecule has 0 spiro atoms. The van der Waals surface area contributed by atoms with Gasteiger partial charge in [-0.15, -0.1) is 11.3 Å². The van der Waals surface area contributed by atoms with Crippen LogP contribution < -0.4 is 4.72 Å². The molecule has 0 amide bonds. The number of rotatable bonds is 8. The smallest absolute Gasteiger partial charge is 0.360 e. The summed E-state index contributed by atoms with van der Waals surface area (Å²) in [6.07, 6.45) is 0. The Morgan fingerprint density at radius 1 is 1.25 bits per heavy atom. The molecule has 0 aliphatic rings. The zero-order chi connectivity index (χ0) is 20.1. The van der Waals surface area contributed by atoms with Crippen LogP contribution in [0, 0.1) is 0 Å². The van der Waals surface area contributed by atoms with Gasteiger partial charge in [-0.2, -0.15) is 0 Å². The standard InChI is InChI=1S/C19H20N2O5S2/c1-3-25-19(22)15-11-16(26-21-15)17-9-10-18(27-17)28(23,24)20-12-13(2)14-7-5-4-6-8-14/h4-11,13,20H,3,12H2,1-2H3/t13-/m1/s1. The molecule has 0 radical (unpaired) electrons. The van der Waals surface area contributed by atoms with Gasteiger partial charge in [-0.05, 0) is 30.5 Å². The van der Waals surface area contributed by atoms with Crippen molar-refractivity contribution in [1.29, 1.82) is 0 Å². The average Bonchev–Trinajstić information content (AvgIpc) is 3.37. The highest BCUT2D eigenvalue weighted by Gasteiger charge is 2.21. The molecule has 0 unspecified atom stereocenters. The number of hydrogen-bond donors (Lipinski definition) is 1. The molecule has 2 aromatic heterocycles. The molecule has 0 aliphatic carbocycles. The Labute approximate surface area is 167 Å². The summed E-state index contributed by atoms with van der Waals surface area (Å²) in [6.45, 7) is 4.18. The third-order valence-corrected chi connectivity index (χ3v) is 7.05. The molecule has 0 fully saturated rings. The molecule has 1 atom stereocenters. The molecule has 0 saturated carbocycles. The van der Waals surface area contributed by atoms with Gasteiger partial charge < -0.3 is 9.26 Å². The third kappa shape index (κ3) is 4.67. The van der Waals surface area contributed by atoms with Crippen molar-refractivity contribution in [2.24, 2.45) is 0 Å². The van der Waals surface area contributed by atoms with E-state index in [4.69, 9.17) is 9.26 Å². The number of benzene rings is 1. The van der Waals surface area contributed by atoms with E-state index in [1.807, 2.05) is 37.3 Å². The van der Waals surface area contributed by atoms with Gasteiger partial charge in [0.15, 0.2) is 11.5 Å². The van der Waals surface area contributed by atoms with Gasteiger partial charge in [0.05, 0.1) is 11.5 Å². The van der Waals surface area contributed by atoms with Gasteiger partial charge >= 0.3 is 5.97 Å². The van der Waals surface area contributed by atoms with E-state index in [2.05, 4.69) is 9.88 Å². The minimum Gasteiger partial charge on any atom is -0.461 e. The maximum Gasteiger partial charge on any atom is 0.360 e. The first-order valence-corrected chi connectivity index (χ1v) is 11.0. The van der Waals surface area contributed by atoms with Gasteiger partial charge in [0, 0.05) is 12.6 Å². The van der Waals surface area contributed by atoms with Gasteiger partial charge in [0.2, 0.25) is 10.0 Å². The van der Waals surface area contributed by atoms with Crippen molar-refractivity contribution in [2.75, 3.05) is 13.2 Å². The number of carbonyl (C=O) groups is 1. The van der Waals surface area contributed by atoms with Crippen molar-refractivity contribution in [1.82, 2.24) is 9.88 Å². The van der Waals surface area contributed by atoms with Crippen molar-refractivity contribution in [3.8, 4) is 10.6 Å². The Balaban J connectivity index is 1.69. The van der Waals surface area contributed by atoms with Crippen LogP contribution in [0.15, 0.2) is 57.3 Å². The second kappa shape index (κ2) is 8.68. The topological polar surface area (TPSA) is 98.5 Å². The lowest BCUT2D eigenvalue weighted by atomic mass is 10.0. The molecule has 0 saturated heterocycles. The van der Waals surface area contributed by atoms with Gasteiger partial charge in [0.1, 0.15) is 4.21 Å². The van der Waals surface area contributed by atoms with Crippen molar-refractivity contribution >= 4 is 27.3 Å². The lowest BCUT2D eigenvalue weighted by molar-refractivity contribution is 0.0514. The Morgan fingerprint density at radius 2 is 2.00 bits per heavy atom. The van der Waals surface area contributed by atoms with Crippen LogP contribution in [-0.2, 0) is 14.8 Å². The molecule has 1 N–H and O–H groups in total. The molecule has 3 aromatic rings. The van der Waals surface area contributed by atoms with E-state index in [1.165, 1.54) is 12.1 Å². The minimum absolute atomic E-state index is 0.0387. The first kappa shape index (κ1) is 20.2. The Hall–Kier alpha value is -2.49. The summed E-state index contributed by atoms with van der Waals surface area (Å²) in [7, 11) is -3.65. The fourth-order valence-electron chi connectivity index (χ4n) is 2.49. The van der Waals surface area contributed by atoms with E-state index in [9.17, 15) is 13.2 Å². The van der Waals surface area contributed by atoms with E-state index in [1.54, 1.807) is 13.0 Å². The molecule has 148 valence electrons. The third-order valence-electron chi connectivity index (χ3n) is 4.03. The van der Waals surface area contributed by atoms with Crippen LogP contribution in [0.3, 0.4) is 0 Å². The average molecular weight is 421 g/mol. The van der Waals surface area contributed by atoms with E-state index in [0.717, 1.165) is 16.9 Å². The molecule has 0 bridgehead atoms. The summed E-state index contributed by atoms with van der Waals surface area (Å²) in [6, 6.07) is 14.3. The monoisotopic (exact) mass is 420 g/mol. The lowest BCUT2D eigenvalue weighted by Crippen LogP contribution is -2.27. The highest BCUT2D eigenvalue weighted by atomic mass is 32.2. The zero-order valence-electron chi connectivity index (χ0n) is 15.4. The van der Waals surface area contributed by atoms with E-state index < -0.39 is 16.0 Å². The van der Waals surface area contributed by atoms with Crippen molar-refractivity contribution in [3.63, 3.8) is 0 Å². The molecule has 3 rings (SSSR count). The zero-order valence-corrected chi connectivity index (χ0v) is 17.0. The number of esters is 1. The second-order valence-corrected chi connectivity index (χ2v) is 9.16. The molecule has 28 heavy (non-hydrogen) atoms. The second-order valence-electron chi connectivity index (χ2n) is 6.08. The van der Waals surface area contributed by atoms with Crippen LogP contribution in [-0.4, -0.2) is 32.7 Å². The molecular formula is C19H20N2O5S2. The predicted octanol–water partition coefficient (Wildman–Crippen LogP) is 3.66. The maximum atomic E-state index is 12.6. The van der Waals surface area contributed by atoms with E-state index in [-0.39, 0.29) is 29.0 Å². The number of thiophene rings is 1. The Kier molecular flexibility index (Phi) is 6.28. The van der Waals surface area contributed by atoms with E-state index >= 15 is 0 Å². The largest absolute Gasteiger partial charge is 0.461 e. The fraction of sp³-hybridized carbons (Fsp3) is 0.263. The van der Waals surface area contributed by atoms with Crippen LogP contribution >= 0.6 is 11.3 Å². The molecular weight excluding hydrogens is 400 g/mol. The van der Waals surface area contributed by atoms with Crippen molar-refractivity contribution in [3.05, 3.63) is 59.8 Å². The van der Waals surface area contributed by atoms with Crippen molar-refractivity contribution < 1.29 is 22.5 Å². The summed E-state index contributed by atoms with van der Waals surface area (Å²) >= 11 is 1.04. The number of nitrogens with one attached hydrogen (secondary N) is 1. The Bertz CT molecular complexity index is 1040. The number of sulfonamides is 1. The maximum absolute atomic E-state index is 12.6. The fourth-order valence-corrected chi connectivity index (χ4v) is 4.92. The quantitative estimate of drug-likeness (QED) is 0.559. The molecule has 7 nitrogen and oxygen atoms in total.